The fraction of sp³-hybridized carbons (Fsp3) is 0.692. The highest BCUT2D eigenvalue weighted by atomic mass is 16.5. The first-order valence-corrected chi connectivity index (χ1v) is 12.6. The molecule has 2 amide bonds. The smallest absolute Gasteiger partial charge is 0.249 e. The van der Waals surface area contributed by atoms with Gasteiger partial charge in [0.05, 0.1) is 0 Å². The SMILES string of the molecule is COCC(=O)N1CCC(N(Cc2ccccc2C)C2CC2)C[C@@H]1C(=O)NC1CCC(N)CC1. The van der Waals surface area contributed by atoms with Crippen LogP contribution in [0.25, 0.3) is 0 Å². The first-order chi connectivity index (χ1) is 16.0. The maximum atomic E-state index is 13.4. The summed E-state index contributed by atoms with van der Waals surface area (Å²) in [6.45, 7) is 3.68. The Hall–Kier alpha value is -1.96. The van der Waals surface area contributed by atoms with Crippen molar-refractivity contribution in [2.45, 2.75) is 95.0 Å². The molecule has 7 nitrogen and oxygen atoms in total. The summed E-state index contributed by atoms with van der Waals surface area (Å²) < 4.78 is 5.11. The van der Waals surface area contributed by atoms with E-state index in [1.165, 1.54) is 31.1 Å². The van der Waals surface area contributed by atoms with Crippen LogP contribution in [0.1, 0.15) is 62.5 Å². The van der Waals surface area contributed by atoms with E-state index in [2.05, 4.69) is 41.4 Å². The lowest BCUT2D eigenvalue weighted by molar-refractivity contribution is -0.147. The molecule has 3 aliphatic rings. The van der Waals surface area contributed by atoms with Crippen molar-refractivity contribution in [2.75, 3.05) is 20.3 Å². The minimum absolute atomic E-state index is 0.0161. The van der Waals surface area contributed by atoms with Gasteiger partial charge in [0.25, 0.3) is 0 Å². The van der Waals surface area contributed by atoms with E-state index in [0.29, 0.717) is 25.0 Å². The van der Waals surface area contributed by atoms with Crippen LogP contribution in [-0.2, 0) is 20.9 Å². The summed E-state index contributed by atoms with van der Waals surface area (Å²) in [5.41, 5.74) is 8.70. The van der Waals surface area contributed by atoms with Gasteiger partial charge in [-0.2, -0.15) is 0 Å². The van der Waals surface area contributed by atoms with Gasteiger partial charge in [-0.05, 0) is 69.4 Å². The van der Waals surface area contributed by atoms with Gasteiger partial charge in [0, 0.05) is 44.4 Å². The summed E-state index contributed by atoms with van der Waals surface area (Å²) >= 11 is 0. The number of piperidine rings is 1. The van der Waals surface area contributed by atoms with Gasteiger partial charge in [0.2, 0.25) is 11.8 Å². The maximum Gasteiger partial charge on any atom is 0.249 e. The van der Waals surface area contributed by atoms with Crippen molar-refractivity contribution in [3.05, 3.63) is 35.4 Å². The van der Waals surface area contributed by atoms with E-state index >= 15 is 0 Å². The Bertz CT molecular complexity index is 820. The molecule has 1 unspecified atom stereocenters. The van der Waals surface area contributed by atoms with Crippen molar-refractivity contribution >= 4 is 11.8 Å². The first-order valence-electron chi connectivity index (χ1n) is 12.6. The molecule has 1 aromatic rings. The zero-order valence-corrected chi connectivity index (χ0v) is 20.2. The van der Waals surface area contributed by atoms with Gasteiger partial charge in [0.15, 0.2) is 0 Å². The quantitative estimate of drug-likeness (QED) is 0.627. The molecule has 1 aliphatic heterocycles. The van der Waals surface area contributed by atoms with Gasteiger partial charge in [-0.3, -0.25) is 14.5 Å². The normalized spacial score (nSPS) is 28.1. The highest BCUT2D eigenvalue weighted by Gasteiger charge is 2.42. The number of likely N-dealkylation sites (tertiary alicyclic amines) is 1. The highest BCUT2D eigenvalue weighted by molar-refractivity contribution is 5.88. The van der Waals surface area contributed by atoms with Crippen molar-refractivity contribution in [3.8, 4) is 0 Å². The van der Waals surface area contributed by atoms with Crippen LogP contribution in [0.5, 0.6) is 0 Å². The molecule has 3 fully saturated rings. The molecule has 182 valence electrons. The molecule has 0 aromatic heterocycles. The molecule has 3 N–H and O–H groups in total. The number of amides is 2. The van der Waals surface area contributed by atoms with Crippen molar-refractivity contribution in [2.24, 2.45) is 5.73 Å². The number of nitrogens with one attached hydrogen (secondary N) is 1. The summed E-state index contributed by atoms with van der Waals surface area (Å²) in [5, 5.41) is 3.25. The number of rotatable bonds is 8. The molecular weight excluding hydrogens is 416 g/mol. The molecule has 0 radical (unpaired) electrons. The average Bonchev–Trinajstić information content (AvgIpc) is 3.65. The molecule has 1 saturated heterocycles. The van der Waals surface area contributed by atoms with Crippen molar-refractivity contribution < 1.29 is 14.3 Å². The van der Waals surface area contributed by atoms with Crippen LogP contribution in [0.3, 0.4) is 0 Å². The number of nitrogens with zero attached hydrogens (tertiary/aromatic N) is 2. The summed E-state index contributed by atoms with van der Waals surface area (Å²) in [6.07, 6.45) is 7.71. The van der Waals surface area contributed by atoms with E-state index in [0.717, 1.165) is 38.6 Å². The number of carbonyl (C=O) groups is 2. The lowest BCUT2D eigenvalue weighted by atomic mass is 9.90. The second-order valence-electron chi connectivity index (χ2n) is 10.2. The zero-order chi connectivity index (χ0) is 23.4. The number of hydrogen-bond acceptors (Lipinski definition) is 5. The van der Waals surface area contributed by atoms with Gasteiger partial charge in [-0.1, -0.05) is 24.3 Å². The van der Waals surface area contributed by atoms with E-state index < -0.39 is 6.04 Å². The van der Waals surface area contributed by atoms with Crippen molar-refractivity contribution in [3.63, 3.8) is 0 Å². The monoisotopic (exact) mass is 456 g/mol. The van der Waals surface area contributed by atoms with Crippen LogP contribution in [0.4, 0.5) is 0 Å². The highest BCUT2D eigenvalue weighted by Crippen LogP contribution is 2.35. The molecule has 2 atom stereocenters. The van der Waals surface area contributed by atoms with E-state index in [9.17, 15) is 9.59 Å². The molecular formula is C26H40N4O3. The third-order valence-electron chi connectivity index (χ3n) is 7.68. The second kappa shape index (κ2) is 11.0. The molecule has 2 aliphatic carbocycles. The van der Waals surface area contributed by atoms with Crippen LogP contribution < -0.4 is 11.1 Å². The molecule has 4 rings (SSSR count). The number of methoxy groups -OCH3 is 1. The Morgan fingerprint density at radius 3 is 2.48 bits per heavy atom. The Balaban J connectivity index is 1.48. The standard InChI is InChI=1S/C26H40N4O3/c1-18-5-3-4-6-19(18)16-30(22-11-12-22)23-13-14-29(25(31)17-33-2)24(15-23)26(32)28-21-9-7-20(27)8-10-21/h3-6,20-24H,7-17,27H2,1-2H3,(H,28,32)/t20?,21?,23?,24-/m1/s1. The van der Waals surface area contributed by atoms with Crippen LogP contribution >= 0.6 is 0 Å². The van der Waals surface area contributed by atoms with Gasteiger partial charge in [-0.15, -0.1) is 0 Å². The van der Waals surface area contributed by atoms with Crippen molar-refractivity contribution in [1.82, 2.24) is 15.1 Å². The lowest BCUT2D eigenvalue weighted by Crippen LogP contribution is -2.59. The number of benzene rings is 1. The topological polar surface area (TPSA) is 87.9 Å². The van der Waals surface area contributed by atoms with Gasteiger partial charge >= 0.3 is 0 Å². The zero-order valence-electron chi connectivity index (χ0n) is 20.2. The van der Waals surface area contributed by atoms with E-state index in [1.807, 2.05) is 0 Å². The van der Waals surface area contributed by atoms with Crippen LogP contribution in [0.2, 0.25) is 0 Å². The Kier molecular flexibility index (Phi) is 8.04. The summed E-state index contributed by atoms with van der Waals surface area (Å²) in [4.78, 5) is 30.6. The first kappa shape index (κ1) is 24.2. The fourth-order valence-electron chi connectivity index (χ4n) is 5.51. The predicted octanol–water partition coefficient (Wildman–Crippen LogP) is 2.35. The minimum atomic E-state index is -0.444. The van der Waals surface area contributed by atoms with E-state index in [1.54, 1.807) is 4.90 Å². The van der Waals surface area contributed by atoms with Gasteiger partial charge < -0.3 is 20.7 Å². The largest absolute Gasteiger partial charge is 0.375 e. The molecule has 2 saturated carbocycles. The van der Waals surface area contributed by atoms with E-state index in [-0.39, 0.29) is 30.5 Å². The number of carbonyl (C=O) groups excluding carboxylic acids is 2. The molecule has 0 spiro atoms. The second-order valence-corrected chi connectivity index (χ2v) is 10.2. The summed E-state index contributed by atoms with van der Waals surface area (Å²) in [6, 6.07) is 9.39. The third-order valence-corrected chi connectivity index (χ3v) is 7.68. The number of hydrogen-bond donors (Lipinski definition) is 2. The van der Waals surface area contributed by atoms with Gasteiger partial charge in [-0.25, -0.2) is 0 Å². The Morgan fingerprint density at radius 2 is 1.82 bits per heavy atom. The third kappa shape index (κ3) is 6.14. The van der Waals surface area contributed by atoms with E-state index in [4.69, 9.17) is 10.5 Å². The Labute approximate surface area is 198 Å². The number of nitrogens with two attached hydrogens (primary N) is 1. The van der Waals surface area contributed by atoms with Crippen LogP contribution in [0, 0.1) is 6.92 Å². The molecule has 1 heterocycles. The Morgan fingerprint density at radius 1 is 1.09 bits per heavy atom. The fourth-order valence-corrected chi connectivity index (χ4v) is 5.51. The molecule has 0 bridgehead atoms. The molecule has 33 heavy (non-hydrogen) atoms. The maximum absolute atomic E-state index is 13.4. The molecule has 7 heteroatoms. The van der Waals surface area contributed by atoms with Crippen molar-refractivity contribution in [1.29, 1.82) is 0 Å². The number of ether oxygens (including phenoxy) is 1. The van der Waals surface area contributed by atoms with Crippen LogP contribution in [0.15, 0.2) is 24.3 Å². The summed E-state index contributed by atoms with van der Waals surface area (Å²) in [7, 11) is 1.53. The van der Waals surface area contributed by atoms with Gasteiger partial charge in [0.1, 0.15) is 12.6 Å². The lowest BCUT2D eigenvalue weighted by Gasteiger charge is -2.43. The predicted molar refractivity (Wildman–Crippen MR) is 129 cm³/mol. The average molecular weight is 457 g/mol. The number of aryl methyl sites for hydroxylation is 1. The van der Waals surface area contributed by atoms with Crippen LogP contribution in [-0.4, -0.2) is 72.1 Å². The molecule has 1 aromatic carbocycles. The minimum Gasteiger partial charge on any atom is -0.375 e. The summed E-state index contributed by atoms with van der Waals surface area (Å²) in [5.74, 6) is -0.116.